The molecule has 5 heteroatoms. The van der Waals surface area contributed by atoms with Crippen LogP contribution in [-0.4, -0.2) is 11.7 Å². The molecule has 0 aliphatic heterocycles. The van der Waals surface area contributed by atoms with E-state index >= 15 is 0 Å². The number of benzene rings is 2. The van der Waals surface area contributed by atoms with Crippen molar-refractivity contribution in [3.63, 3.8) is 0 Å². The Morgan fingerprint density at radius 2 is 2.00 bits per heavy atom. The van der Waals surface area contributed by atoms with Crippen LogP contribution in [0.5, 0.6) is 0 Å². The summed E-state index contributed by atoms with van der Waals surface area (Å²) in [5.41, 5.74) is -0.368. The number of hydrogen-bond donors (Lipinski definition) is 1. The highest BCUT2D eigenvalue weighted by molar-refractivity contribution is 5.91. The maximum atomic E-state index is 13.7. The number of ether oxygens (including phenoxy) is 1. The minimum Gasteiger partial charge on any atom is -0.444 e. The molecule has 106 valence electrons. The fourth-order valence-corrected chi connectivity index (χ4v) is 1.69. The van der Waals surface area contributed by atoms with Crippen LogP contribution < -0.4 is 5.32 Å². The van der Waals surface area contributed by atoms with Gasteiger partial charge in [-0.15, -0.1) is 0 Å². The van der Waals surface area contributed by atoms with Crippen LogP contribution in [0, 0.1) is 11.6 Å². The zero-order chi connectivity index (χ0) is 15.8. The number of carbonyl (C=O) groups is 1. The molecule has 0 fully saturated rings. The lowest BCUT2D eigenvalue weighted by atomic mass is 10.1. The lowest BCUT2D eigenvalue weighted by Gasteiger charge is -2.19. The summed E-state index contributed by atoms with van der Waals surface area (Å²) >= 11 is 0. The van der Waals surface area contributed by atoms with Crippen LogP contribution in [0.3, 0.4) is 0 Å². The molecule has 0 saturated carbocycles. The molecule has 2 aromatic rings. The van der Waals surface area contributed by atoms with E-state index in [0.717, 1.165) is 6.07 Å². The van der Waals surface area contributed by atoms with Crippen LogP contribution in [0.25, 0.3) is 10.8 Å². The summed E-state index contributed by atoms with van der Waals surface area (Å²) in [6.45, 7) is 5.17. The van der Waals surface area contributed by atoms with Gasteiger partial charge < -0.3 is 4.74 Å². The predicted octanol–water partition coefficient (Wildman–Crippen LogP) is 4.47. The second-order valence-electron chi connectivity index (χ2n) is 5.34. The molecule has 0 heterocycles. The van der Waals surface area contributed by atoms with Crippen LogP contribution in [0.2, 0.25) is 0 Å². The number of anilines is 1. The molecule has 0 radical (unpaired) electrons. The highest BCUT2D eigenvalue weighted by Gasteiger charge is 2.16. The van der Waals surface area contributed by atoms with Crippen molar-refractivity contribution < 1.29 is 19.7 Å². The van der Waals surface area contributed by atoms with Crippen molar-refractivity contribution in [1.82, 2.24) is 0 Å². The average molecular weight is 280 g/mol. The van der Waals surface area contributed by atoms with Crippen molar-refractivity contribution in [2.24, 2.45) is 0 Å². The number of carbonyl (C=O) groups excluding carboxylic acids is 1. The lowest BCUT2D eigenvalue weighted by molar-refractivity contribution is 0.0636. The van der Waals surface area contributed by atoms with E-state index in [2.05, 4.69) is 5.32 Å². The first-order chi connectivity index (χ1) is 9.67. The molecule has 0 aromatic heterocycles. The molecule has 1 N–H and O–H groups in total. The molecule has 0 aliphatic carbocycles. The zero-order valence-electron chi connectivity index (χ0n) is 12.4. The highest BCUT2D eigenvalue weighted by atomic mass is 19.2. The minimum absolute atomic E-state index is 0.121. The van der Waals surface area contributed by atoms with E-state index in [9.17, 15) is 13.6 Å². The molecule has 0 atom stereocenters. The number of rotatable bonds is 1. The Balaban J connectivity index is 2.35. The Hall–Kier alpha value is -2.17. The summed E-state index contributed by atoms with van der Waals surface area (Å²) < 4.78 is 39.7. The molecule has 2 rings (SSSR count). The first-order valence-electron chi connectivity index (χ1n) is 6.56. The van der Waals surface area contributed by atoms with Gasteiger partial charge in [0.1, 0.15) is 5.60 Å². The quantitative estimate of drug-likeness (QED) is 0.837. The van der Waals surface area contributed by atoms with Gasteiger partial charge in [-0.3, -0.25) is 5.32 Å². The largest absolute Gasteiger partial charge is 0.444 e. The second-order valence-corrected chi connectivity index (χ2v) is 5.34. The van der Waals surface area contributed by atoms with Crippen LogP contribution >= 0.6 is 0 Å². The van der Waals surface area contributed by atoms with E-state index in [1.807, 2.05) is 0 Å². The van der Waals surface area contributed by atoms with Gasteiger partial charge in [-0.25, -0.2) is 13.6 Å². The zero-order valence-corrected chi connectivity index (χ0v) is 11.4. The molecule has 20 heavy (non-hydrogen) atoms. The monoisotopic (exact) mass is 280 g/mol. The van der Waals surface area contributed by atoms with Crippen molar-refractivity contribution in [3.8, 4) is 0 Å². The third kappa shape index (κ3) is 3.23. The van der Waals surface area contributed by atoms with Crippen molar-refractivity contribution in [1.29, 1.82) is 0 Å². The average Bonchev–Trinajstić information content (AvgIpc) is 2.31. The molecule has 0 aliphatic rings. The summed E-state index contributed by atoms with van der Waals surface area (Å²) in [4.78, 5) is 11.7. The fourth-order valence-electron chi connectivity index (χ4n) is 1.69. The molecule has 1 amide bonds. The van der Waals surface area contributed by atoms with Gasteiger partial charge in [0.25, 0.3) is 0 Å². The van der Waals surface area contributed by atoms with Gasteiger partial charge in [0.15, 0.2) is 11.6 Å². The van der Waals surface area contributed by atoms with Crippen LogP contribution in [0.15, 0.2) is 30.3 Å². The number of halogens is 2. The maximum absolute atomic E-state index is 13.7. The van der Waals surface area contributed by atoms with Gasteiger partial charge in [0.2, 0.25) is 0 Å². The maximum Gasteiger partial charge on any atom is 0.412 e. The molecular weight excluding hydrogens is 264 g/mol. The van der Waals surface area contributed by atoms with Crippen molar-refractivity contribution >= 4 is 22.6 Å². The fraction of sp³-hybridized carbons (Fsp3) is 0.267. The van der Waals surface area contributed by atoms with Crippen molar-refractivity contribution in [2.45, 2.75) is 26.4 Å². The van der Waals surface area contributed by atoms with E-state index in [-0.39, 0.29) is 17.1 Å². The molecule has 2 aromatic carbocycles. The predicted molar refractivity (Wildman–Crippen MR) is 73.7 cm³/mol. The van der Waals surface area contributed by atoms with E-state index in [1.165, 1.54) is 18.2 Å². The van der Waals surface area contributed by atoms with Gasteiger partial charge in [0, 0.05) is 11.1 Å². The van der Waals surface area contributed by atoms with Gasteiger partial charge in [-0.1, -0.05) is 6.07 Å². The summed E-state index contributed by atoms with van der Waals surface area (Å²) in [5.74, 6) is -2.08. The molecule has 3 nitrogen and oxygen atoms in total. The third-order valence-electron chi connectivity index (χ3n) is 2.46. The lowest BCUT2D eigenvalue weighted by Crippen LogP contribution is -2.27. The minimum atomic E-state index is -1.07. The Bertz CT molecular complexity index is 711. The third-order valence-corrected chi connectivity index (χ3v) is 2.46. The topological polar surface area (TPSA) is 38.3 Å². The smallest absolute Gasteiger partial charge is 0.412 e. The molecule has 0 unspecified atom stereocenters. The van der Waals surface area contributed by atoms with Crippen LogP contribution in [0.1, 0.15) is 22.1 Å². The SMILES string of the molecule is [2H]c1cc(NC(=O)OC(C)(C)C)cc2ccc(F)c(F)c12. The van der Waals surface area contributed by atoms with Gasteiger partial charge >= 0.3 is 6.09 Å². The van der Waals surface area contributed by atoms with Crippen LogP contribution in [0.4, 0.5) is 19.3 Å². The summed E-state index contributed by atoms with van der Waals surface area (Å²) in [5, 5.41) is 2.67. The number of hydrogen-bond acceptors (Lipinski definition) is 2. The number of fused-ring (bicyclic) bond motifs is 1. The van der Waals surface area contributed by atoms with Crippen molar-refractivity contribution in [2.75, 3.05) is 5.32 Å². The van der Waals surface area contributed by atoms with E-state index < -0.39 is 23.3 Å². The number of nitrogens with one attached hydrogen (secondary N) is 1. The summed E-state index contributed by atoms with van der Waals surface area (Å²) in [6, 6.07) is 4.82. The summed E-state index contributed by atoms with van der Waals surface area (Å²) in [7, 11) is 0. The first-order valence-corrected chi connectivity index (χ1v) is 6.06. The Kier molecular flexibility index (Phi) is 3.26. The summed E-state index contributed by atoms with van der Waals surface area (Å²) in [6.07, 6.45) is -0.677. The van der Waals surface area contributed by atoms with E-state index in [0.29, 0.717) is 5.39 Å². The van der Waals surface area contributed by atoms with E-state index in [1.54, 1.807) is 20.8 Å². The number of amides is 1. The normalized spacial score (nSPS) is 12.2. The Morgan fingerprint density at radius 1 is 1.30 bits per heavy atom. The Labute approximate surface area is 116 Å². The second kappa shape index (κ2) is 5.07. The molecular formula is C15H15F2NO2. The van der Waals surface area contributed by atoms with Gasteiger partial charge in [-0.05, 0) is 50.4 Å². The molecule has 0 saturated heterocycles. The molecule has 0 bridgehead atoms. The molecule has 0 spiro atoms. The standard InChI is InChI=1S/C15H15F2NO2/c1-15(2,3)20-14(19)18-10-5-6-11-9(8-10)4-7-12(16)13(11)17/h4-8H,1-3H3,(H,18,19)/i6D. The first kappa shape index (κ1) is 12.8. The van der Waals surface area contributed by atoms with Crippen LogP contribution in [-0.2, 0) is 4.74 Å². The van der Waals surface area contributed by atoms with Crippen molar-refractivity contribution in [3.05, 3.63) is 41.9 Å². The van der Waals surface area contributed by atoms with E-state index in [4.69, 9.17) is 6.11 Å². The highest BCUT2D eigenvalue weighted by Crippen LogP contribution is 2.24. The van der Waals surface area contributed by atoms with Gasteiger partial charge in [-0.2, -0.15) is 0 Å². The van der Waals surface area contributed by atoms with Gasteiger partial charge in [0.05, 0.1) is 1.37 Å². The Morgan fingerprint density at radius 3 is 2.65 bits per heavy atom.